The minimum Gasteiger partial charge on any atom is -0.478 e. The minimum atomic E-state index is -0.986. The summed E-state index contributed by atoms with van der Waals surface area (Å²) >= 11 is 0. The van der Waals surface area contributed by atoms with E-state index in [0.29, 0.717) is 10.9 Å². The number of Topliss-reactive ketones (excluding diaryl/α,β-unsaturated/α-hetero) is 1. The maximum atomic E-state index is 11.4. The second kappa shape index (κ2) is 3.48. The lowest BCUT2D eigenvalue weighted by molar-refractivity contribution is 0.0696. The Morgan fingerprint density at radius 3 is 2.56 bits per heavy atom. The molecular formula is C12H11NO3. The predicted molar refractivity (Wildman–Crippen MR) is 59.9 cm³/mol. The predicted octanol–water partition coefficient (Wildman–Crippen LogP) is 2.08. The van der Waals surface area contributed by atoms with Gasteiger partial charge in [-0.15, -0.1) is 0 Å². The summed E-state index contributed by atoms with van der Waals surface area (Å²) in [4.78, 5) is 22.2. The van der Waals surface area contributed by atoms with Crippen LogP contribution in [0.25, 0.3) is 10.9 Å². The zero-order valence-corrected chi connectivity index (χ0v) is 9.02. The first kappa shape index (κ1) is 10.4. The fourth-order valence-corrected chi connectivity index (χ4v) is 1.81. The van der Waals surface area contributed by atoms with Crippen molar-refractivity contribution in [3.8, 4) is 0 Å². The number of aryl methyl sites for hydroxylation is 1. The van der Waals surface area contributed by atoms with Gasteiger partial charge in [0.2, 0.25) is 0 Å². The van der Waals surface area contributed by atoms with Crippen LogP contribution in [0.4, 0.5) is 0 Å². The van der Waals surface area contributed by atoms with Crippen molar-refractivity contribution in [2.75, 3.05) is 0 Å². The third-order valence-corrected chi connectivity index (χ3v) is 2.62. The molecule has 2 aromatic rings. The normalized spacial score (nSPS) is 10.6. The summed E-state index contributed by atoms with van der Waals surface area (Å²) in [6.07, 6.45) is 1.72. The molecule has 2 rings (SSSR count). The zero-order valence-electron chi connectivity index (χ0n) is 9.02. The molecule has 0 aliphatic rings. The Bertz CT molecular complexity index is 596. The van der Waals surface area contributed by atoms with Gasteiger partial charge in [-0.3, -0.25) is 4.79 Å². The maximum absolute atomic E-state index is 11.4. The molecule has 0 bridgehead atoms. The molecule has 0 spiro atoms. The van der Waals surface area contributed by atoms with Gasteiger partial charge >= 0.3 is 5.97 Å². The molecule has 0 aliphatic heterocycles. The molecule has 1 aromatic heterocycles. The van der Waals surface area contributed by atoms with Crippen LogP contribution in [0.3, 0.4) is 0 Å². The molecule has 0 fully saturated rings. The van der Waals surface area contributed by atoms with Crippen molar-refractivity contribution in [3.63, 3.8) is 0 Å². The summed E-state index contributed by atoms with van der Waals surface area (Å²) < 4.78 is 1.82. The van der Waals surface area contributed by atoms with Crippen molar-refractivity contribution in [2.45, 2.75) is 6.92 Å². The van der Waals surface area contributed by atoms with E-state index < -0.39 is 5.97 Å². The highest BCUT2D eigenvalue weighted by Crippen LogP contribution is 2.22. The number of ketones is 1. The van der Waals surface area contributed by atoms with Crippen molar-refractivity contribution in [3.05, 3.63) is 35.5 Å². The molecule has 0 saturated carbocycles. The summed E-state index contributed by atoms with van der Waals surface area (Å²) in [6.45, 7) is 1.47. The van der Waals surface area contributed by atoms with Gasteiger partial charge in [-0.25, -0.2) is 4.79 Å². The van der Waals surface area contributed by atoms with E-state index in [1.54, 1.807) is 12.3 Å². The monoisotopic (exact) mass is 217 g/mol. The second-order valence-corrected chi connectivity index (χ2v) is 3.75. The van der Waals surface area contributed by atoms with E-state index in [9.17, 15) is 9.59 Å². The Balaban J connectivity index is 2.79. The van der Waals surface area contributed by atoms with Crippen LogP contribution in [0.5, 0.6) is 0 Å². The van der Waals surface area contributed by atoms with Crippen molar-refractivity contribution in [1.29, 1.82) is 0 Å². The van der Waals surface area contributed by atoms with Crippen LogP contribution in [-0.4, -0.2) is 21.4 Å². The minimum absolute atomic E-state index is 0.0619. The lowest BCUT2D eigenvalue weighted by Gasteiger charge is -1.98. The van der Waals surface area contributed by atoms with Gasteiger partial charge in [0.25, 0.3) is 0 Å². The molecule has 0 aliphatic carbocycles. The second-order valence-electron chi connectivity index (χ2n) is 3.75. The Hall–Kier alpha value is -2.10. The average molecular weight is 217 g/mol. The number of hydrogen-bond donors (Lipinski definition) is 1. The molecule has 4 heteroatoms. The Labute approximate surface area is 92.1 Å². The van der Waals surface area contributed by atoms with Gasteiger partial charge in [-0.1, -0.05) is 0 Å². The summed E-state index contributed by atoms with van der Waals surface area (Å²) in [5, 5.41) is 9.58. The van der Waals surface area contributed by atoms with Gasteiger partial charge in [-0.2, -0.15) is 0 Å². The van der Waals surface area contributed by atoms with E-state index in [4.69, 9.17) is 5.11 Å². The van der Waals surface area contributed by atoms with E-state index in [-0.39, 0.29) is 11.3 Å². The number of carbonyl (C=O) groups excluding carboxylic acids is 1. The van der Waals surface area contributed by atoms with Crippen molar-refractivity contribution >= 4 is 22.7 Å². The van der Waals surface area contributed by atoms with Gasteiger partial charge in [0, 0.05) is 29.7 Å². The Kier molecular flexibility index (Phi) is 2.27. The average Bonchev–Trinajstić information content (AvgIpc) is 2.56. The molecule has 1 N–H and O–H groups in total. The Morgan fingerprint density at radius 2 is 2.00 bits per heavy atom. The number of aromatic carboxylic acids is 1. The fourth-order valence-electron chi connectivity index (χ4n) is 1.81. The molecule has 0 unspecified atom stereocenters. The molecular weight excluding hydrogens is 206 g/mol. The first-order valence-corrected chi connectivity index (χ1v) is 4.84. The highest BCUT2D eigenvalue weighted by atomic mass is 16.4. The zero-order chi connectivity index (χ0) is 11.9. The third kappa shape index (κ3) is 1.48. The van der Waals surface area contributed by atoms with Crippen LogP contribution in [0.1, 0.15) is 27.6 Å². The standard InChI is InChI=1S/C12H11NO3/c1-7(14)10-6-13(2)11-4-3-8(12(15)16)5-9(10)11/h3-6H,1-2H3,(H,15,16). The molecule has 0 amide bonds. The number of fused-ring (bicyclic) bond motifs is 1. The van der Waals surface area contributed by atoms with Crippen LogP contribution in [-0.2, 0) is 7.05 Å². The van der Waals surface area contributed by atoms with E-state index in [1.165, 1.54) is 19.1 Å². The van der Waals surface area contributed by atoms with Crippen LogP contribution >= 0.6 is 0 Å². The first-order chi connectivity index (χ1) is 7.50. The smallest absolute Gasteiger partial charge is 0.335 e. The van der Waals surface area contributed by atoms with Crippen molar-refractivity contribution < 1.29 is 14.7 Å². The van der Waals surface area contributed by atoms with E-state index in [0.717, 1.165) is 5.52 Å². The number of carboxylic acid groups (broad SMARTS) is 1. The topological polar surface area (TPSA) is 59.3 Å². The van der Waals surface area contributed by atoms with Gasteiger partial charge in [0.05, 0.1) is 5.56 Å². The molecule has 16 heavy (non-hydrogen) atoms. The van der Waals surface area contributed by atoms with Crippen molar-refractivity contribution in [1.82, 2.24) is 4.57 Å². The number of hydrogen-bond acceptors (Lipinski definition) is 2. The first-order valence-electron chi connectivity index (χ1n) is 4.84. The molecule has 0 saturated heterocycles. The lowest BCUT2D eigenvalue weighted by atomic mass is 10.1. The van der Waals surface area contributed by atoms with Gasteiger partial charge < -0.3 is 9.67 Å². The van der Waals surface area contributed by atoms with Gasteiger partial charge in [0.15, 0.2) is 5.78 Å². The number of aromatic nitrogens is 1. The largest absolute Gasteiger partial charge is 0.478 e. The highest BCUT2D eigenvalue weighted by Gasteiger charge is 2.12. The van der Waals surface area contributed by atoms with Crippen LogP contribution < -0.4 is 0 Å². The Morgan fingerprint density at radius 1 is 1.31 bits per heavy atom. The molecule has 1 aromatic carbocycles. The number of rotatable bonds is 2. The van der Waals surface area contributed by atoms with Gasteiger partial charge in [-0.05, 0) is 25.1 Å². The lowest BCUT2D eigenvalue weighted by Crippen LogP contribution is -1.96. The molecule has 0 atom stereocenters. The van der Waals surface area contributed by atoms with Crippen LogP contribution in [0.15, 0.2) is 24.4 Å². The van der Waals surface area contributed by atoms with Crippen LogP contribution in [0.2, 0.25) is 0 Å². The third-order valence-electron chi connectivity index (χ3n) is 2.62. The molecule has 4 nitrogen and oxygen atoms in total. The molecule has 1 heterocycles. The van der Waals surface area contributed by atoms with E-state index >= 15 is 0 Å². The van der Waals surface area contributed by atoms with E-state index in [1.807, 2.05) is 11.6 Å². The quantitative estimate of drug-likeness (QED) is 0.783. The summed E-state index contributed by atoms with van der Waals surface area (Å²) in [5.74, 6) is -1.05. The number of carboxylic acids is 1. The van der Waals surface area contributed by atoms with Crippen molar-refractivity contribution in [2.24, 2.45) is 7.05 Å². The SMILES string of the molecule is CC(=O)c1cn(C)c2ccc(C(=O)O)cc12. The summed E-state index contributed by atoms with van der Waals surface area (Å²) in [7, 11) is 1.83. The number of nitrogens with zero attached hydrogens (tertiary/aromatic N) is 1. The maximum Gasteiger partial charge on any atom is 0.335 e. The molecule has 82 valence electrons. The molecule has 0 radical (unpaired) electrons. The van der Waals surface area contributed by atoms with E-state index in [2.05, 4.69) is 0 Å². The number of benzene rings is 1. The van der Waals surface area contributed by atoms with Gasteiger partial charge in [0.1, 0.15) is 0 Å². The van der Waals surface area contributed by atoms with Crippen LogP contribution in [0, 0.1) is 0 Å². The highest BCUT2D eigenvalue weighted by molar-refractivity contribution is 6.08. The summed E-state index contributed by atoms with van der Waals surface area (Å²) in [5.41, 5.74) is 1.61. The fraction of sp³-hybridized carbons (Fsp3) is 0.167. The summed E-state index contributed by atoms with van der Waals surface area (Å²) in [6, 6.07) is 4.79. The number of carbonyl (C=O) groups is 2.